The maximum Gasteiger partial charge on any atom is 1.00 e. The van der Waals surface area contributed by atoms with Gasteiger partial charge in [0.15, 0.2) is 0 Å². The number of rotatable bonds is 2. The van der Waals surface area contributed by atoms with Crippen LogP contribution in [0.15, 0.2) is 4.52 Å². The predicted molar refractivity (Wildman–Crippen MR) is 42.1 cm³/mol. The maximum absolute atomic E-state index is 10.1. The average Bonchev–Trinajstić information content (AvgIpc) is 2.57. The molecule has 0 aromatic carbocycles. The van der Waals surface area contributed by atoms with Gasteiger partial charge in [-0.25, -0.2) is 4.98 Å². The van der Waals surface area contributed by atoms with E-state index in [1.54, 1.807) is 6.29 Å². The van der Waals surface area contributed by atoms with E-state index in [1.165, 1.54) is 0 Å². The number of hydrogen-bond donors (Lipinski definition) is 0. The summed E-state index contributed by atoms with van der Waals surface area (Å²) in [6, 6.07) is 0. The van der Waals surface area contributed by atoms with E-state index in [-0.39, 0.29) is 62.7 Å². The SMILES string of the molecule is C[C@@H]1C(c2nc([C-]=O)no2)[C@@H]1C.[K+].[OH-]. The van der Waals surface area contributed by atoms with Gasteiger partial charge in [-0.1, -0.05) is 19.0 Å². The molecule has 6 heteroatoms. The minimum absolute atomic E-state index is 0. The fourth-order valence-electron chi connectivity index (χ4n) is 1.52. The first-order chi connectivity index (χ1) is 5.74. The summed E-state index contributed by atoms with van der Waals surface area (Å²) < 4.78 is 4.90. The average molecular weight is 221 g/mol. The molecule has 72 valence electrons. The van der Waals surface area contributed by atoms with Crippen LogP contribution in [0.2, 0.25) is 0 Å². The normalized spacial score (nSPS) is 28.6. The van der Waals surface area contributed by atoms with Gasteiger partial charge >= 0.3 is 51.4 Å². The topological polar surface area (TPSA) is 86.0 Å². The van der Waals surface area contributed by atoms with E-state index in [0.29, 0.717) is 23.6 Å². The Bertz CT molecular complexity index is 307. The molecule has 0 aliphatic heterocycles. The summed E-state index contributed by atoms with van der Waals surface area (Å²) in [5, 5.41) is 3.46. The van der Waals surface area contributed by atoms with E-state index >= 15 is 0 Å². The molecule has 0 saturated heterocycles. The summed E-state index contributed by atoms with van der Waals surface area (Å²) in [6.07, 6.45) is 1.59. The van der Waals surface area contributed by atoms with E-state index in [2.05, 4.69) is 24.0 Å². The Labute approximate surface area is 124 Å². The van der Waals surface area contributed by atoms with Gasteiger partial charge in [-0.2, -0.15) is 6.29 Å². The van der Waals surface area contributed by atoms with E-state index in [9.17, 15) is 4.79 Å². The molecule has 5 nitrogen and oxygen atoms in total. The van der Waals surface area contributed by atoms with E-state index < -0.39 is 0 Å². The molecule has 3 atom stereocenters. The molecule has 1 heterocycles. The first-order valence-electron chi connectivity index (χ1n) is 3.96. The molecule has 1 fully saturated rings. The van der Waals surface area contributed by atoms with Crippen LogP contribution in [0.5, 0.6) is 0 Å². The Hall–Kier alpha value is 0.406. The smallest absolute Gasteiger partial charge is 0.870 e. The molecule has 14 heavy (non-hydrogen) atoms. The molecule has 1 saturated carbocycles. The summed E-state index contributed by atoms with van der Waals surface area (Å²) >= 11 is 0. The molecule has 0 bridgehead atoms. The summed E-state index contributed by atoms with van der Waals surface area (Å²) in [6.45, 7) is 4.26. The first-order valence-corrected chi connectivity index (χ1v) is 3.96. The van der Waals surface area contributed by atoms with E-state index in [0.717, 1.165) is 0 Å². The molecule has 0 radical (unpaired) electrons. The van der Waals surface area contributed by atoms with Crippen molar-refractivity contribution >= 4 is 6.29 Å². The van der Waals surface area contributed by atoms with E-state index in [1.807, 2.05) is 0 Å². The Kier molecular flexibility index (Phi) is 5.64. The molecule has 1 unspecified atom stereocenters. The standard InChI is InChI=1S/C8H9N2O2.K.H2O/c1-4-5(2)7(4)8-9-6(3-11)10-12-8;;/h4-5,7H,1-2H3;;1H2/q-1;+1;/p-1/t4-,5+,7?;;. The van der Waals surface area contributed by atoms with Crippen LogP contribution in [0.4, 0.5) is 0 Å². The quantitative estimate of drug-likeness (QED) is 0.415. The second-order valence-corrected chi connectivity index (χ2v) is 3.30. The molecule has 2 rings (SSSR count). The Morgan fingerprint density at radius 2 is 1.93 bits per heavy atom. The maximum atomic E-state index is 10.1. The van der Waals surface area contributed by atoms with Crippen molar-refractivity contribution in [1.82, 2.24) is 10.1 Å². The van der Waals surface area contributed by atoms with Crippen molar-refractivity contribution in [2.45, 2.75) is 19.8 Å². The van der Waals surface area contributed by atoms with Crippen molar-refractivity contribution in [3.05, 3.63) is 11.7 Å². The minimum atomic E-state index is 0. The Morgan fingerprint density at radius 1 is 1.36 bits per heavy atom. The van der Waals surface area contributed by atoms with Gasteiger partial charge < -0.3 is 14.8 Å². The van der Waals surface area contributed by atoms with Gasteiger partial charge in [-0.15, -0.1) is 0 Å². The molecule has 1 aromatic rings. The molecular weight excluding hydrogens is 211 g/mol. The summed E-state index contributed by atoms with van der Waals surface area (Å²) in [5.74, 6) is 2.12. The second kappa shape index (κ2) is 5.48. The van der Waals surface area contributed by atoms with Gasteiger partial charge in [0.05, 0.1) is 5.82 Å². The zero-order valence-corrected chi connectivity index (χ0v) is 11.5. The van der Waals surface area contributed by atoms with Crippen LogP contribution in [-0.2, 0) is 4.79 Å². The van der Waals surface area contributed by atoms with Gasteiger partial charge in [0.25, 0.3) is 0 Å². The monoisotopic (exact) mass is 221 g/mol. The third-order valence-electron chi connectivity index (χ3n) is 2.64. The van der Waals surface area contributed by atoms with Crippen molar-refractivity contribution in [2.24, 2.45) is 11.8 Å². The molecule has 1 aliphatic rings. The summed E-state index contributed by atoms with van der Waals surface area (Å²) in [5.41, 5.74) is 0. The van der Waals surface area contributed by atoms with Crippen LogP contribution in [0.1, 0.15) is 31.5 Å². The van der Waals surface area contributed by atoms with Crippen molar-refractivity contribution in [2.75, 3.05) is 0 Å². The number of aromatic nitrogens is 2. The van der Waals surface area contributed by atoms with Crippen LogP contribution >= 0.6 is 0 Å². The second-order valence-electron chi connectivity index (χ2n) is 3.30. The van der Waals surface area contributed by atoms with Crippen molar-refractivity contribution in [1.29, 1.82) is 0 Å². The van der Waals surface area contributed by atoms with Gasteiger partial charge in [0.2, 0.25) is 5.89 Å². The predicted octanol–water partition coefficient (Wildman–Crippen LogP) is -2.28. The van der Waals surface area contributed by atoms with Crippen LogP contribution in [0.3, 0.4) is 0 Å². The summed E-state index contributed by atoms with van der Waals surface area (Å²) in [4.78, 5) is 14.0. The molecule has 1 aromatic heterocycles. The van der Waals surface area contributed by atoms with Crippen LogP contribution in [0.25, 0.3) is 0 Å². The van der Waals surface area contributed by atoms with E-state index in [4.69, 9.17) is 4.52 Å². The third-order valence-corrected chi connectivity index (χ3v) is 2.64. The van der Waals surface area contributed by atoms with Crippen LogP contribution in [-0.4, -0.2) is 21.9 Å². The number of carbonyl (C=O) groups excluding carboxylic acids is 1. The zero-order chi connectivity index (χ0) is 8.72. The van der Waals surface area contributed by atoms with Gasteiger partial charge in [0, 0.05) is 5.92 Å². The molecule has 0 spiro atoms. The van der Waals surface area contributed by atoms with Gasteiger partial charge in [-0.05, 0) is 11.8 Å². The van der Waals surface area contributed by atoms with Gasteiger partial charge in [-0.3, -0.25) is 0 Å². The van der Waals surface area contributed by atoms with Crippen molar-refractivity contribution < 1.29 is 66.2 Å². The van der Waals surface area contributed by atoms with Crippen molar-refractivity contribution in [3.63, 3.8) is 0 Å². The molecule has 1 N–H and O–H groups in total. The zero-order valence-electron chi connectivity index (χ0n) is 8.39. The minimum Gasteiger partial charge on any atom is -0.870 e. The molecule has 1 aliphatic carbocycles. The third kappa shape index (κ3) is 2.50. The fourth-order valence-corrected chi connectivity index (χ4v) is 1.52. The number of nitrogens with zero attached hydrogens (tertiary/aromatic N) is 2. The number of hydrogen-bond acceptors (Lipinski definition) is 5. The molecular formula is C8H10KN2O3-. The van der Waals surface area contributed by atoms with Gasteiger partial charge in [0.1, 0.15) is 0 Å². The van der Waals surface area contributed by atoms with Crippen molar-refractivity contribution in [3.8, 4) is 0 Å². The molecule has 0 amide bonds. The Balaban J connectivity index is 0.000000845. The largest absolute Gasteiger partial charge is 1.00 e. The summed E-state index contributed by atoms with van der Waals surface area (Å²) in [7, 11) is 0. The van der Waals surface area contributed by atoms with Crippen LogP contribution < -0.4 is 51.4 Å². The van der Waals surface area contributed by atoms with Crippen LogP contribution in [0, 0.1) is 11.8 Å². The fraction of sp³-hybridized carbons (Fsp3) is 0.625. The first kappa shape index (κ1) is 14.4. The Morgan fingerprint density at radius 3 is 2.29 bits per heavy atom.